The Balaban J connectivity index is 2.00. The predicted molar refractivity (Wildman–Crippen MR) is 51.2 cm³/mol. The van der Waals surface area contributed by atoms with Gasteiger partial charge in [-0.2, -0.15) is 0 Å². The van der Waals surface area contributed by atoms with Crippen molar-refractivity contribution in [2.24, 2.45) is 0 Å². The number of nitrogens with zero attached hydrogens (tertiary/aromatic N) is 2. The molecule has 0 saturated carbocycles. The van der Waals surface area contributed by atoms with Crippen LogP contribution in [-0.2, 0) is 6.42 Å². The molecule has 0 aliphatic carbocycles. The van der Waals surface area contributed by atoms with Gasteiger partial charge < -0.3 is 11.1 Å². The van der Waals surface area contributed by atoms with Gasteiger partial charge >= 0.3 is 0 Å². The lowest BCUT2D eigenvalue weighted by Crippen LogP contribution is -2.24. The minimum atomic E-state index is 0.371. The van der Waals surface area contributed by atoms with Crippen molar-refractivity contribution < 1.29 is 0 Å². The summed E-state index contributed by atoms with van der Waals surface area (Å²) in [5.74, 6) is 0.371. The number of nitrogens with two attached hydrogens (primary N) is 1. The van der Waals surface area contributed by atoms with E-state index in [0.29, 0.717) is 12.0 Å². The van der Waals surface area contributed by atoms with Crippen LogP contribution in [0.5, 0.6) is 0 Å². The molecule has 1 aliphatic heterocycles. The average molecular weight is 178 g/mol. The van der Waals surface area contributed by atoms with Crippen LogP contribution in [0.15, 0.2) is 12.3 Å². The molecule has 3 N–H and O–H groups in total. The van der Waals surface area contributed by atoms with Crippen LogP contribution in [0.25, 0.3) is 0 Å². The first kappa shape index (κ1) is 8.44. The summed E-state index contributed by atoms with van der Waals surface area (Å²) in [5, 5.41) is 3.42. The highest BCUT2D eigenvalue weighted by atomic mass is 15.0. The third-order valence-electron chi connectivity index (χ3n) is 2.35. The molecule has 2 heterocycles. The number of hydrogen-bond acceptors (Lipinski definition) is 4. The van der Waals surface area contributed by atoms with E-state index in [9.17, 15) is 0 Å². The molecule has 70 valence electrons. The summed E-state index contributed by atoms with van der Waals surface area (Å²) in [5.41, 5.74) is 6.52. The third kappa shape index (κ3) is 2.15. The average Bonchev–Trinajstić information content (AvgIpc) is 2.57. The lowest BCUT2D eigenvalue weighted by Gasteiger charge is -2.08. The fourth-order valence-electron chi connectivity index (χ4n) is 1.71. The van der Waals surface area contributed by atoms with Gasteiger partial charge in [0.05, 0.1) is 0 Å². The van der Waals surface area contributed by atoms with Crippen LogP contribution >= 0.6 is 0 Å². The number of hydrogen-bond donors (Lipinski definition) is 2. The highest BCUT2D eigenvalue weighted by molar-refractivity contribution is 5.17. The molecule has 0 spiro atoms. The minimum absolute atomic E-state index is 0.371. The maximum atomic E-state index is 5.49. The van der Waals surface area contributed by atoms with Crippen molar-refractivity contribution in [1.82, 2.24) is 15.3 Å². The van der Waals surface area contributed by atoms with E-state index >= 15 is 0 Å². The monoisotopic (exact) mass is 178 g/mol. The normalized spacial score (nSPS) is 22.0. The van der Waals surface area contributed by atoms with E-state index in [-0.39, 0.29) is 0 Å². The van der Waals surface area contributed by atoms with E-state index < -0.39 is 0 Å². The van der Waals surface area contributed by atoms with Gasteiger partial charge in [0.25, 0.3) is 0 Å². The highest BCUT2D eigenvalue weighted by Crippen LogP contribution is 2.10. The third-order valence-corrected chi connectivity index (χ3v) is 2.35. The SMILES string of the molecule is Nc1nccc(CC2CCCN2)n1. The van der Waals surface area contributed by atoms with Crippen molar-refractivity contribution in [3.63, 3.8) is 0 Å². The summed E-state index contributed by atoms with van der Waals surface area (Å²) in [4.78, 5) is 8.02. The Morgan fingerprint density at radius 3 is 3.23 bits per heavy atom. The minimum Gasteiger partial charge on any atom is -0.368 e. The van der Waals surface area contributed by atoms with Crippen LogP contribution < -0.4 is 11.1 Å². The second-order valence-corrected chi connectivity index (χ2v) is 3.40. The fraction of sp³-hybridized carbons (Fsp3) is 0.556. The maximum Gasteiger partial charge on any atom is 0.220 e. The summed E-state index contributed by atoms with van der Waals surface area (Å²) in [7, 11) is 0. The molecule has 0 bridgehead atoms. The Morgan fingerprint density at radius 2 is 2.54 bits per heavy atom. The van der Waals surface area contributed by atoms with Gasteiger partial charge in [-0.05, 0) is 25.5 Å². The molecule has 4 nitrogen and oxygen atoms in total. The van der Waals surface area contributed by atoms with E-state index in [1.54, 1.807) is 6.20 Å². The van der Waals surface area contributed by atoms with Gasteiger partial charge in [0.2, 0.25) is 5.95 Å². The van der Waals surface area contributed by atoms with Crippen LogP contribution in [-0.4, -0.2) is 22.6 Å². The molecule has 1 aromatic rings. The molecule has 1 aliphatic rings. The van der Waals surface area contributed by atoms with Crippen LogP contribution in [0.3, 0.4) is 0 Å². The first-order valence-corrected chi connectivity index (χ1v) is 4.65. The molecule has 0 radical (unpaired) electrons. The second-order valence-electron chi connectivity index (χ2n) is 3.40. The van der Waals surface area contributed by atoms with Crippen molar-refractivity contribution in [3.05, 3.63) is 18.0 Å². The number of aromatic nitrogens is 2. The molecule has 13 heavy (non-hydrogen) atoms. The maximum absolute atomic E-state index is 5.49. The van der Waals surface area contributed by atoms with Gasteiger partial charge in [0.1, 0.15) is 0 Å². The molecular formula is C9H14N4. The van der Waals surface area contributed by atoms with Gasteiger partial charge in [-0.15, -0.1) is 0 Å². The standard InChI is InChI=1S/C9H14N4/c10-9-12-5-3-8(13-9)6-7-2-1-4-11-7/h3,5,7,11H,1-2,4,6H2,(H2,10,12,13). The van der Waals surface area contributed by atoms with E-state index in [2.05, 4.69) is 15.3 Å². The van der Waals surface area contributed by atoms with Crippen LogP contribution in [0.1, 0.15) is 18.5 Å². The van der Waals surface area contributed by atoms with Crippen LogP contribution in [0.2, 0.25) is 0 Å². The number of nitrogens with one attached hydrogen (secondary N) is 1. The summed E-state index contributed by atoms with van der Waals surface area (Å²) in [6, 6.07) is 2.50. The Kier molecular flexibility index (Phi) is 2.40. The number of nitrogen functional groups attached to an aromatic ring is 1. The molecular weight excluding hydrogens is 164 g/mol. The summed E-state index contributed by atoms with van der Waals surface area (Å²) in [6.45, 7) is 1.13. The zero-order chi connectivity index (χ0) is 9.10. The van der Waals surface area contributed by atoms with Crippen molar-refractivity contribution in [3.8, 4) is 0 Å². The summed E-state index contributed by atoms with van der Waals surface area (Å²) < 4.78 is 0. The molecule has 1 fully saturated rings. The lowest BCUT2D eigenvalue weighted by atomic mass is 10.1. The molecule has 4 heteroatoms. The first-order valence-electron chi connectivity index (χ1n) is 4.65. The molecule has 0 aromatic carbocycles. The van der Waals surface area contributed by atoms with Gasteiger partial charge in [-0.1, -0.05) is 0 Å². The van der Waals surface area contributed by atoms with Gasteiger partial charge in [-0.25, -0.2) is 9.97 Å². The molecule has 2 rings (SSSR count). The quantitative estimate of drug-likeness (QED) is 0.686. The molecule has 0 amide bonds. The van der Waals surface area contributed by atoms with Crippen molar-refractivity contribution in [2.75, 3.05) is 12.3 Å². The van der Waals surface area contributed by atoms with E-state index in [1.807, 2.05) is 6.07 Å². The Morgan fingerprint density at radius 1 is 1.62 bits per heavy atom. The van der Waals surface area contributed by atoms with Crippen LogP contribution in [0, 0.1) is 0 Å². The topological polar surface area (TPSA) is 63.8 Å². The fourth-order valence-corrected chi connectivity index (χ4v) is 1.71. The van der Waals surface area contributed by atoms with Crippen molar-refractivity contribution in [1.29, 1.82) is 0 Å². The lowest BCUT2D eigenvalue weighted by molar-refractivity contribution is 0.595. The van der Waals surface area contributed by atoms with Gasteiger partial charge in [0.15, 0.2) is 0 Å². The number of anilines is 1. The largest absolute Gasteiger partial charge is 0.368 e. The Labute approximate surface area is 77.6 Å². The summed E-state index contributed by atoms with van der Waals surface area (Å²) in [6.07, 6.45) is 5.19. The van der Waals surface area contributed by atoms with Gasteiger partial charge in [0, 0.05) is 24.4 Å². The molecule has 1 aromatic heterocycles. The zero-order valence-electron chi connectivity index (χ0n) is 7.53. The summed E-state index contributed by atoms with van der Waals surface area (Å²) >= 11 is 0. The van der Waals surface area contributed by atoms with Crippen LogP contribution in [0.4, 0.5) is 5.95 Å². The first-order chi connectivity index (χ1) is 6.34. The Hall–Kier alpha value is -1.16. The van der Waals surface area contributed by atoms with E-state index in [4.69, 9.17) is 5.73 Å². The zero-order valence-corrected chi connectivity index (χ0v) is 7.53. The van der Waals surface area contributed by atoms with Crippen molar-refractivity contribution >= 4 is 5.95 Å². The van der Waals surface area contributed by atoms with E-state index in [1.165, 1.54) is 12.8 Å². The second kappa shape index (κ2) is 3.70. The number of rotatable bonds is 2. The molecule has 1 unspecified atom stereocenters. The van der Waals surface area contributed by atoms with E-state index in [0.717, 1.165) is 18.7 Å². The Bertz CT molecular complexity index is 281. The van der Waals surface area contributed by atoms with Crippen molar-refractivity contribution in [2.45, 2.75) is 25.3 Å². The molecule has 1 saturated heterocycles. The predicted octanol–water partition coefficient (Wildman–Crippen LogP) is 0.353. The highest BCUT2D eigenvalue weighted by Gasteiger charge is 2.14. The smallest absolute Gasteiger partial charge is 0.220 e. The molecule has 1 atom stereocenters. The van der Waals surface area contributed by atoms with Gasteiger partial charge in [-0.3, -0.25) is 0 Å².